The van der Waals surface area contributed by atoms with Gasteiger partial charge in [-0.15, -0.1) is 0 Å². The predicted molar refractivity (Wildman–Crippen MR) is 84.9 cm³/mol. The molecular weight excluding hydrogens is 272 g/mol. The Morgan fingerprint density at radius 2 is 1.85 bits per heavy atom. The lowest BCUT2D eigenvalue weighted by Crippen LogP contribution is -2.46. The summed E-state index contributed by atoms with van der Waals surface area (Å²) in [7, 11) is 0. The summed E-state index contributed by atoms with van der Waals surface area (Å²) in [5.74, 6) is 0.439. The quantitative estimate of drug-likeness (QED) is 0.847. The molecule has 1 rings (SSSR count). The molecule has 5 heteroatoms. The average Bonchev–Trinajstić information content (AvgIpc) is 2.42. The molecule has 1 aromatic carbocycles. The highest BCUT2D eigenvalue weighted by molar-refractivity contribution is 7.80. The van der Waals surface area contributed by atoms with Gasteiger partial charge in [0.2, 0.25) is 0 Å². The first-order valence-electron chi connectivity index (χ1n) is 6.81. The van der Waals surface area contributed by atoms with Crippen molar-refractivity contribution in [2.75, 3.05) is 13.1 Å². The molecule has 20 heavy (non-hydrogen) atoms. The molecule has 0 spiro atoms. The minimum atomic E-state index is -0.591. The van der Waals surface area contributed by atoms with E-state index in [9.17, 15) is 4.79 Å². The zero-order valence-electron chi connectivity index (χ0n) is 12.5. The summed E-state index contributed by atoms with van der Waals surface area (Å²) in [4.78, 5) is 13.9. The standard InChI is InChI=1S/C15H22N2O2S/c1-5-17(6-2)15(20)16-14(18)12(4)19-13-9-7-11(3)8-10-13/h7-10,12H,5-6H2,1-4H3,(H,16,18,20)/t12-/m0/s1. The van der Waals surface area contributed by atoms with E-state index in [0.717, 1.165) is 18.7 Å². The number of ether oxygens (including phenoxy) is 1. The number of aryl methyl sites for hydroxylation is 1. The van der Waals surface area contributed by atoms with Crippen LogP contribution in [0, 0.1) is 6.92 Å². The molecule has 110 valence electrons. The fourth-order valence-electron chi connectivity index (χ4n) is 1.67. The molecule has 0 aliphatic rings. The van der Waals surface area contributed by atoms with Crippen molar-refractivity contribution < 1.29 is 9.53 Å². The Kier molecular flexibility index (Phi) is 6.45. The van der Waals surface area contributed by atoms with Gasteiger partial charge >= 0.3 is 0 Å². The number of hydrogen-bond acceptors (Lipinski definition) is 3. The van der Waals surface area contributed by atoms with Gasteiger partial charge in [0.15, 0.2) is 11.2 Å². The van der Waals surface area contributed by atoms with E-state index >= 15 is 0 Å². The van der Waals surface area contributed by atoms with Crippen LogP contribution >= 0.6 is 12.2 Å². The molecule has 0 aliphatic heterocycles. The average molecular weight is 294 g/mol. The van der Waals surface area contributed by atoms with E-state index in [2.05, 4.69) is 5.32 Å². The Morgan fingerprint density at radius 1 is 1.30 bits per heavy atom. The van der Waals surface area contributed by atoms with Crippen molar-refractivity contribution in [1.82, 2.24) is 10.2 Å². The highest BCUT2D eigenvalue weighted by atomic mass is 32.1. The molecule has 0 aliphatic carbocycles. The predicted octanol–water partition coefficient (Wildman–Crippen LogP) is 2.51. The number of nitrogens with one attached hydrogen (secondary N) is 1. The van der Waals surface area contributed by atoms with Crippen LogP contribution in [-0.4, -0.2) is 35.1 Å². The summed E-state index contributed by atoms with van der Waals surface area (Å²) >= 11 is 5.19. The van der Waals surface area contributed by atoms with Crippen molar-refractivity contribution in [3.05, 3.63) is 29.8 Å². The number of thiocarbonyl (C=S) groups is 1. The molecule has 0 fully saturated rings. The normalized spacial score (nSPS) is 11.6. The molecule has 1 atom stereocenters. The second-order valence-electron chi connectivity index (χ2n) is 4.54. The Hall–Kier alpha value is -1.62. The van der Waals surface area contributed by atoms with Crippen LogP contribution < -0.4 is 10.1 Å². The molecular formula is C15H22N2O2S. The molecule has 1 amide bonds. The third kappa shape index (κ3) is 4.81. The first kappa shape index (κ1) is 16.4. The lowest BCUT2D eigenvalue weighted by Gasteiger charge is -2.23. The summed E-state index contributed by atoms with van der Waals surface area (Å²) < 4.78 is 5.59. The first-order chi connectivity index (χ1) is 9.47. The Balaban J connectivity index is 2.54. The van der Waals surface area contributed by atoms with Gasteiger partial charge < -0.3 is 9.64 Å². The second kappa shape index (κ2) is 7.85. The fraction of sp³-hybridized carbons (Fsp3) is 0.467. The molecule has 0 saturated heterocycles. The van der Waals surface area contributed by atoms with Gasteiger partial charge in [0.05, 0.1) is 0 Å². The van der Waals surface area contributed by atoms with Gasteiger partial charge in [-0.05, 0) is 52.0 Å². The third-order valence-electron chi connectivity index (χ3n) is 2.98. The second-order valence-corrected chi connectivity index (χ2v) is 4.93. The van der Waals surface area contributed by atoms with E-state index in [-0.39, 0.29) is 5.91 Å². The summed E-state index contributed by atoms with van der Waals surface area (Å²) in [6.45, 7) is 9.23. The lowest BCUT2D eigenvalue weighted by atomic mass is 10.2. The lowest BCUT2D eigenvalue weighted by molar-refractivity contribution is -0.125. The number of rotatable bonds is 5. The minimum Gasteiger partial charge on any atom is -0.481 e. The highest BCUT2D eigenvalue weighted by Crippen LogP contribution is 2.13. The largest absolute Gasteiger partial charge is 0.481 e. The van der Waals surface area contributed by atoms with E-state index in [1.165, 1.54) is 0 Å². The van der Waals surface area contributed by atoms with Crippen LogP contribution in [0.5, 0.6) is 5.75 Å². The Labute approximate surface area is 126 Å². The monoisotopic (exact) mass is 294 g/mol. The van der Waals surface area contributed by atoms with Gasteiger partial charge in [0.25, 0.3) is 5.91 Å². The molecule has 1 aromatic rings. The van der Waals surface area contributed by atoms with E-state index in [1.54, 1.807) is 6.92 Å². The van der Waals surface area contributed by atoms with Crippen molar-refractivity contribution in [2.24, 2.45) is 0 Å². The minimum absolute atomic E-state index is 0.234. The number of carbonyl (C=O) groups is 1. The van der Waals surface area contributed by atoms with Crippen molar-refractivity contribution in [1.29, 1.82) is 0 Å². The van der Waals surface area contributed by atoms with Crippen LogP contribution in [0.4, 0.5) is 0 Å². The summed E-state index contributed by atoms with van der Waals surface area (Å²) in [6, 6.07) is 7.59. The molecule has 1 N–H and O–H groups in total. The third-order valence-corrected chi connectivity index (χ3v) is 3.34. The zero-order valence-corrected chi connectivity index (χ0v) is 13.3. The van der Waals surface area contributed by atoms with Crippen LogP contribution in [-0.2, 0) is 4.79 Å². The molecule has 0 heterocycles. The van der Waals surface area contributed by atoms with Crippen molar-refractivity contribution in [3.63, 3.8) is 0 Å². The van der Waals surface area contributed by atoms with Crippen LogP contribution in [0.15, 0.2) is 24.3 Å². The molecule has 0 bridgehead atoms. The van der Waals surface area contributed by atoms with Crippen molar-refractivity contribution in [2.45, 2.75) is 33.8 Å². The zero-order chi connectivity index (χ0) is 15.1. The van der Waals surface area contributed by atoms with Crippen LogP contribution in [0.3, 0.4) is 0 Å². The van der Waals surface area contributed by atoms with Gasteiger partial charge in [-0.3, -0.25) is 10.1 Å². The number of benzene rings is 1. The number of carbonyl (C=O) groups excluding carboxylic acids is 1. The highest BCUT2D eigenvalue weighted by Gasteiger charge is 2.17. The van der Waals surface area contributed by atoms with E-state index in [0.29, 0.717) is 10.9 Å². The van der Waals surface area contributed by atoms with Crippen molar-refractivity contribution in [3.8, 4) is 5.75 Å². The molecule has 4 nitrogen and oxygen atoms in total. The van der Waals surface area contributed by atoms with Gasteiger partial charge in [0.1, 0.15) is 5.75 Å². The summed E-state index contributed by atoms with van der Waals surface area (Å²) in [6.07, 6.45) is -0.591. The van der Waals surface area contributed by atoms with E-state index in [1.807, 2.05) is 49.9 Å². The first-order valence-corrected chi connectivity index (χ1v) is 7.21. The van der Waals surface area contributed by atoms with Gasteiger partial charge in [-0.2, -0.15) is 0 Å². The van der Waals surface area contributed by atoms with Gasteiger partial charge in [0, 0.05) is 13.1 Å². The maximum atomic E-state index is 12.0. The molecule has 0 unspecified atom stereocenters. The van der Waals surface area contributed by atoms with E-state index < -0.39 is 6.10 Å². The van der Waals surface area contributed by atoms with Crippen molar-refractivity contribution >= 4 is 23.2 Å². The smallest absolute Gasteiger partial charge is 0.266 e. The fourth-order valence-corrected chi connectivity index (χ4v) is 2.03. The Morgan fingerprint density at radius 3 is 2.35 bits per heavy atom. The van der Waals surface area contributed by atoms with Crippen LogP contribution in [0.1, 0.15) is 26.3 Å². The maximum Gasteiger partial charge on any atom is 0.266 e. The summed E-state index contributed by atoms with van der Waals surface area (Å²) in [5, 5.41) is 3.15. The number of amides is 1. The number of hydrogen-bond donors (Lipinski definition) is 1. The molecule has 0 saturated carbocycles. The van der Waals surface area contributed by atoms with Crippen LogP contribution in [0.25, 0.3) is 0 Å². The van der Waals surface area contributed by atoms with Gasteiger partial charge in [-0.25, -0.2) is 0 Å². The SMILES string of the molecule is CCN(CC)C(=S)NC(=O)[C@H](C)Oc1ccc(C)cc1. The molecule has 0 aromatic heterocycles. The topological polar surface area (TPSA) is 41.6 Å². The van der Waals surface area contributed by atoms with Gasteiger partial charge in [-0.1, -0.05) is 17.7 Å². The number of nitrogens with zero attached hydrogens (tertiary/aromatic N) is 1. The van der Waals surface area contributed by atoms with Crippen LogP contribution in [0.2, 0.25) is 0 Å². The Bertz CT molecular complexity index is 455. The maximum absolute atomic E-state index is 12.0. The van der Waals surface area contributed by atoms with E-state index in [4.69, 9.17) is 17.0 Å². The molecule has 0 radical (unpaired) electrons. The summed E-state index contributed by atoms with van der Waals surface area (Å²) in [5.41, 5.74) is 1.15.